The minimum absolute atomic E-state index is 0.956. The lowest BCUT2D eigenvalue weighted by molar-refractivity contribution is 0.982. The molecule has 0 saturated heterocycles. The standard InChI is InChI=1S/C20H22S/c1-3-17(4-2)15-19(18-11-7-5-8-12-18)16-21-20-13-9-6-10-14-20/h5-14H,3-4,16H2,1-2H3. The zero-order valence-corrected chi connectivity index (χ0v) is 13.6. The fraction of sp³-hybridized carbons (Fsp3) is 0.250. The highest BCUT2D eigenvalue weighted by Crippen LogP contribution is 2.25. The first-order valence-corrected chi connectivity index (χ1v) is 8.52. The summed E-state index contributed by atoms with van der Waals surface area (Å²) in [4.78, 5) is 1.31. The van der Waals surface area contributed by atoms with E-state index in [0.29, 0.717) is 0 Å². The van der Waals surface area contributed by atoms with Gasteiger partial charge in [0.2, 0.25) is 0 Å². The van der Waals surface area contributed by atoms with Crippen molar-refractivity contribution in [2.45, 2.75) is 31.6 Å². The second-order valence-electron chi connectivity index (χ2n) is 4.88. The number of hydrogen-bond acceptors (Lipinski definition) is 1. The molecule has 0 nitrogen and oxygen atoms in total. The Bertz CT molecular complexity index is 599. The molecule has 0 saturated carbocycles. The van der Waals surface area contributed by atoms with E-state index >= 15 is 0 Å². The van der Waals surface area contributed by atoms with Gasteiger partial charge in [0.15, 0.2) is 0 Å². The average molecular weight is 294 g/mol. The van der Waals surface area contributed by atoms with Crippen LogP contribution >= 0.6 is 11.8 Å². The molecule has 0 atom stereocenters. The molecule has 0 spiro atoms. The van der Waals surface area contributed by atoms with E-state index in [1.807, 2.05) is 11.8 Å². The van der Waals surface area contributed by atoms with Gasteiger partial charge in [-0.2, -0.15) is 0 Å². The number of hydrogen-bond donors (Lipinski definition) is 0. The lowest BCUT2D eigenvalue weighted by atomic mass is 10.1. The summed E-state index contributed by atoms with van der Waals surface area (Å²) in [5.74, 6) is 0.956. The molecule has 0 unspecified atom stereocenters. The van der Waals surface area contributed by atoms with Crippen molar-refractivity contribution in [2.75, 3.05) is 5.75 Å². The highest BCUT2D eigenvalue weighted by Gasteiger charge is 2.03. The van der Waals surface area contributed by atoms with Crippen LogP contribution in [0.2, 0.25) is 0 Å². The normalized spacial score (nSPS) is 10.0. The maximum Gasteiger partial charge on any atom is 0.0311 e. The summed E-state index contributed by atoms with van der Waals surface area (Å²) in [5, 5.41) is 0. The molecule has 2 aromatic carbocycles. The predicted octanol–water partition coefficient (Wildman–Crippen LogP) is 6.21. The van der Waals surface area contributed by atoms with Crippen molar-refractivity contribution in [3.05, 3.63) is 77.5 Å². The van der Waals surface area contributed by atoms with Gasteiger partial charge in [-0.25, -0.2) is 0 Å². The van der Waals surface area contributed by atoms with Gasteiger partial charge in [0.05, 0.1) is 0 Å². The third-order valence-electron chi connectivity index (χ3n) is 3.43. The van der Waals surface area contributed by atoms with Crippen LogP contribution in [0.5, 0.6) is 0 Å². The minimum atomic E-state index is 0.956. The highest BCUT2D eigenvalue weighted by atomic mass is 32.2. The van der Waals surface area contributed by atoms with E-state index in [9.17, 15) is 0 Å². The van der Waals surface area contributed by atoms with Crippen molar-refractivity contribution >= 4 is 17.3 Å². The van der Waals surface area contributed by atoms with E-state index < -0.39 is 0 Å². The van der Waals surface area contributed by atoms with Crippen LogP contribution in [0.4, 0.5) is 0 Å². The van der Waals surface area contributed by atoms with Gasteiger partial charge in [0.1, 0.15) is 0 Å². The summed E-state index contributed by atoms with van der Waals surface area (Å²) >= 11 is 1.87. The third kappa shape index (κ3) is 4.97. The topological polar surface area (TPSA) is 0 Å². The summed E-state index contributed by atoms with van der Waals surface area (Å²) in [6.45, 7) is 4.41. The fourth-order valence-electron chi connectivity index (χ4n) is 2.14. The van der Waals surface area contributed by atoms with Gasteiger partial charge in [0, 0.05) is 16.2 Å². The van der Waals surface area contributed by atoms with Crippen molar-refractivity contribution in [1.82, 2.24) is 0 Å². The minimum Gasteiger partial charge on any atom is -0.121 e. The van der Waals surface area contributed by atoms with Crippen LogP contribution in [-0.4, -0.2) is 5.75 Å². The van der Waals surface area contributed by atoms with E-state index in [1.165, 1.54) is 21.6 Å². The Morgan fingerprint density at radius 3 is 2.00 bits per heavy atom. The van der Waals surface area contributed by atoms with Crippen molar-refractivity contribution in [1.29, 1.82) is 0 Å². The Morgan fingerprint density at radius 2 is 1.43 bits per heavy atom. The Hall–Kier alpha value is -1.69. The number of thioether (sulfide) groups is 1. The quantitative estimate of drug-likeness (QED) is 0.451. The van der Waals surface area contributed by atoms with E-state index in [1.54, 1.807) is 0 Å². The van der Waals surface area contributed by atoms with Gasteiger partial charge in [0.25, 0.3) is 0 Å². The first kappa shape index (κ1) is 15.7. The van der Waals surface area contributed by atoms with Crippen molar-refractivity contribution in [3.8, 4) is 0 Å². The Labute approximate surface area is 132 Å². The van der Waals surface area contributed by atoms with Gasteiger partial charge in [-0.1, -0.05) is 62.4 Å². The first-order valence-electron chi connectivity index (χ1n) is 7.54. The molecular formula is C20H22S. The van der Waals surface area contributed by atoms with Crippen LogP contribution in [0.3, 0.4) is 0 Å². The van der Waals surface area contributed by atoms with Gasteiger partial charge in [-0.05, 0) is 36.1 Å². The van der Waals surface area contributed by atoms with Gasteiger partial charge in [-0.3, -0.25) is 0 Å². The second kappa shape index (κ2) is 8.56. The first-order chi connectivity index (χ1) is 10.3. The molecule has 0 N–H and O–H groups in total. The molecule has 0 amide bonds. The highest BCUT2D eigenvalue weighted by molar-refractivity contribution is 7.99. The maximum atomic E-state index is 3.65. The molecule has 1 heteroatoms. The molecule has 0 heterocycles. The van der Waals surface area contributed by atoms with Crippen molar-refractivity contribution in [2.24, 2.45) is 0 Å². The molecule has 2 aromatic rings. The van der Waals surface area contributed by atoms with Crippen LogP contribution in [0, 0.1) is 0 Å². The molecular weight excluding hydrogens is 272 g/mol. The van der Waals surface area contributed by atoms with Crippen molar-refractivity contribution < 1.29 is 0 Å². The summed E-state index contributed by atoms with van der Waals surface area (Å²) in [6.07, 6.45) is 2.14. The van der Waals surface area contributed by atoms with Crippen LogP contribution < -0.4 is 0 Å². The Kier molecular flexibility index (Phi) is 6.40. The fourth-order valence-corrected chi connectivity index (χ4v) is 3.04. The predicted molar refractivity (Wildman–Crippen MR) is 94.6 cm³/mol. The van der Waals surface area contributed by atoms with Crippen LogP contribution in [0.25, 0.3) is 5.57 Å². The van der Waals surface area contributed by atoms with Crippen LogP contribution in [0.15, 0.2) is 76.9 Å². The molecule has 2 rings (SSSR count). The number of benzene rings is 2. The Morgan fingerprint density at radius 1 is 0.857 bits per heavy atom. The van der Waals surface area contributed by atoms with Gasteiger partial charge in [-0.15, -0.1) is 17.5 Å². The zero-order valence-electron chi connectivity index (χ0n) is 12.8. The molecule has 0 aromatic heterocycles. The Balaban J connectivity index is 2.27. The summed E-state index contributed by atoms with van der Waals surface area (Å²) in [7, 11) is 0. The molecule has 0 bridgehead atoms. The lowest BCUT2D eigenvalue weighted by Crippen LogP contribution is -1.88. The second-order valence-corrected chi connectivity index (χ2v) is 5.93. The molecule has 0 fully saturated rings. The molecule has 0 radical (unpaired) electrons. The molecule has 0 aliphatic heterocycles. The molecule has 0 aliphatic rings. The van der Waals surface area contributed by atoms with E-state index in [0.717, 1.165) is 18.6 Å². The van der Waals surface area contributed by atoms with Crippen molar-refractivity contribution in [3.63, 3.8) is 0 Å². The summed E-state index contributed by atoms with van der Waals surface area (Å²) < 4.78 is 0. The maximum absolute atomic E-state index is 3.65. The summed E-state index contributed by atoms with van der Waals surface area (Å²) in [5.41, 5.74) is 7.62. The van der Waals surface area contributed by atoms with Gasteiger partial charge < -0.3 is 0 Å². The van der Waals surface area contributed by atoms with Crippen LogP contribution in [-0.2, 0) is 0 Å². The third-order valence-corrected chi connectivity index (χ3v) is 4.47. The summed E-state index contributed by atoms with van der Waals surface area (Å²) in [6, 6.07) is 21.2. The smallest absolute Gasteiger partial charge is 0.0311 e. The monoisotopic (exact) mass is 294 g/mol. The SMILES string of the molecule is CCC(=C=C(CSc1ccccc1)c1ccccc1)CC. The van der Waals surface area contributed by atoms with Crippen LogP contribution in [0.1, 0.15) is 32.3 Å². The zero-order chi connectivity index (χ0) is 14.9. The van der Waals surface area contributed by atoms with E-state index in [-0.39, 0.29) is 0 Å². The average Bonchev–Trinajstić information content (AvgIpc) is 2.57. The van der Waals surface area contributed by atoms with Gasteiger partial charge >= 0.3 is 0 Å². The van der Waals surface area contributed by atoms with E-state index in [2.05, 4.69) is 80.2 Å². The number of rotatable bonds is 6. The largest absolute Gasteiger partial charge is 0.121 e. The lowest BCUT2D eigenvalue weighted by Gasteiger charge is -2.07. The molecule has 108 valence electrons. The van der Waals surface area contributed by atoms with E-state index in [4.69, 9.17) is 0 Å². The molecule has 21 heavy (non-hydrogen) atoms. The molecule has 0 aliphatic carbocycles.